The Morgan fingerprint density at radius 2 is 1.83 bits per heavy atom. The molecule has 5 rings (SSSR count). The summed E-state index contributed by atoms with van der Waals surface area (Å²) < 4.78 is 57.8. The number of imidazole rings is 1. The van der Waals surface area contributed by atoms with E-state index >= 15 is 0 Å². The fraction of sp³-hybridized carbons (Fsp3) is 0.280. The van der Waals surface area contributed by atoms with E-state index in [0.29, 0.717) is 30.7 Å². The van der Waals surface area contributed by atoms with Crippen molar-refractivity contribution in [2.75, 3.05) is 18.0 Å². The summed E-state index contributed by atoms with van der Waals surface area (Å²) >= 11 is 0. The summed E-state index contributed by atoms with van der Waals surface area (Å²) in [5.74, 6) is -0.361. The maximum absolute atomic E-state index is 14.5. The molecule has 1 atom stereocenters. The Morgan fingerprint density at radius 3 is 2.57 bits per heavy atom. The Labute approximate surface area is 197 Å². The summed E-state index contributed by atoms with van der Waals surface area (Å²) in [4.78, 5) is 30.7. The van der Waals surface area contributed by atoms with E-state index in [4.69, 9.17) is 0 Å². The van der Waals surface area contributed by atoms with Gasteiger partial charge < -0.3 is 9.88 Å². The van der Waals surface area contributed by atoms with Gasteiger partial charge in [-0.15, -0.1) is 0 Å². The summed E-state index contributed by atoms with van der Waals surface area (Å²) in [7, 11) is 0. The highest BCUT2D eigenvalue weighted by Crippen LogP contribution is 2.34. The highest BCUT2D eigenvalue weighted by atomic mass is 19.4. The number of rotatable bonds is 4. The minimum Gasteiger partial charge on any atom is -0.367 e. The van der Waals surface area contributed by atoms with Gasteiger partial charge in [-0.25, -0.2) is 9.18 Å². The maximum Gasteiger partial charge on any atom is 0.416 e. The SMILES string of the molecule is Cc1cccc(F)c1N1CCC(n2c(=O)n(Cc3ccccc3C(F)(F)F)c3c(=O)[nH]ccc32)C1. The Bertz CT molecular complexity index is 1510. The smallest absolute Gasteiger partial charge is 0.367 e. The fourth-order valence-corrected chi connectivity index (χ4v) is 5.03. The van der Waals surface area contributed by atoms with Crippen molar-refractivity contribution >= 4 is 16.7 Å². The third kappa shape index (κ3) is 3.92. The van der Waals surface area contributed by atoms with Crippen LogP contribution in [0.2, 0.25) is 0 Å². The molecular weight excluding hydrogens is 464 g/mol. The van der Waals surface area contributed by atoms with Crippen molar-refractivity contribution in [2.24, 2.45) is 0 Å². The summed E-state index contributed by atoms with van der Waals surface area (Å²) in [5, 5.41) is 0. The van der Waals surface area contributed by atoms with Crippen molar-refractivity contribution in [1.29, 1.82) is 0 Å². The van der Waals surface area contributed by atoms with E-state index < -0.39 is 29.5 Å². The molecule has 1 fully saturated rings. The molecule has 3 heterocycles. The molecule has 1 aliphatic rings. The van der Waals surface area contributed by atoms with Crippen LogP contribution in [-0.2, 0) is 12.7 Å². The lowest BCUT2D eigenvalue weighted by atomic mass is 10.1. The first-order chi connectivity index (χ1) is 16.7. The van der Waals surface area contributed by atoms with Crippen LogP contribution in [0.15, 0.2) is 64.3 Å². The molecular formula is C25H22F4N4O2. The zero-order valence-corrected chi connectivity index (χ0v) is 18.8. The second-order valence-electron chi connectivity index (χ2n) is 8.73. The van der Waals surface area contributed by atoms with E-state index in [0.717, 1.165) is 16.2 Å². The molecule has 1 saturated heterocycles. The number of halogens is 4. The van der Waals surface area contributed by atoms with Gasteiger partial charge in [0.25, 0.3) is 5.56 Å². The van der Waals surface area contributed by atoms with Gasteiger partial charge in [-0.2, -0.15) is 13.2 Å². The number of aromatic amines is 1. The van der Waals surface area contributed by atoms with Gasteiger partial charge in [0, 0.05) is 19.3 Å². The van der Waals surface area contributed by atoms with Crippen molar-refractivity contribution in [1.82, 2.24) is 14.1 Å². The van der Waals surface area contributed by atoms with Gasteiger partial charge in [0.2, 0.25) is 0 Å². The zero-order chi connectivity index (χ0) is 24.9. The topological polar surface area (TPSA) is 63.0 Å². The average molecular weight is 486 g/mol. The molecule has 10 heteroatoms. The summed E-state index contributed by atoms with van der Waals surface area (Å²) in [5.41, 5.74) is -0.546. The highest BCUT2D eigenvalue weighted by molar-refractivity contribution is 5.75. The molecule has 182 valence electrons. The number of fused-ring (bicyclic) bond motifs is 1. The minimum atomic E-state index is -4.60. The van der Waals surface area contributed by atoms with Gasteiger partial charge >= 0.3 is 11.9 Å². The number of alkyl halides is 3. The number of hydrogen-bond acceptors (Lipinski definition) is 3. The van der Waals surface area contributed by atoms with Crippen LogP contribution in [-0.4, -0.2) is 27.2 Å². The number of anilines is 1. The average Bonchev–Trinajstić information content (AvgIpc) is 3.37. The molecule has 1 unspecified atom stereocenters. The third-order valence-corrected chi connectivity index (χ3v) is 6.56. The number of H-pyrrole nitrogens is 1. The van der Waals surface area contributed by atoms with Gasteiger partial charge in [0.1, 0.15) is 11.3 Å². The summed E-state index contributed by atoms with van der Waals surface area (Å²) in [6.07, 6.45) is -2.68. The van der Waals surface area contributed by atoms with Crippen LogP contribution < -0.4 is 16.1 Å². The first-order valence-electron chi connectivity index (χ1n) is 11.1. The molecule has 6 nitrogen and oxygen atoms in total. The second kappa shape index (κ2) is 8.44. The van der Waals surface area contributed by atoms with E-state index in [2.05, 4.69) is 4.98 Å². The normalized spacial score (nSPS) is 16.4. The number of nitrogens with zero attached hydrogens (tertiary/aromatic N) is 3. The van der Waals surface area contributed by atoms with Crippen molar-refractivity contribution in [3.63, 3.8) is 0 Å². The van der Waals surface area contributed by atoms with Crippen LogP contribution in [0.25, 0.3) is 11.0 Å². The molecule has 2 aromatic carbocycles. The third-order valence-electron chi connectivity index (χ3n) is 6.56. The van der Waals surface area contributed by atoms with Gasteiger partial charge in [-0.3, -0.25) is 13.9 Å². The molecule has 4 aromatic rings. The largest absolute Gasteiger partial charge is 0.416 e. The molecule has 1 aliphatic heterocycles. The lowest BCUT2D eigenvalue weighted by molar-refractivity contribution is -0.138. The van der Waals surface area contributed by atoms with E-state index in [1.165, 1.54) is 35.0 Å². The number of aromatic nitrogens is 3. The lowest BCUT2D eigenvalue weighted by Gasteiger charge is -2.21. The number of aryl methyl sites for hydroxylation is 1. The van der Waals surface area contributed by atoms with Crippen LogP contribution in [0.1, 0.15) is 29.2 Å². The van der Waals surface area contributed by atoms with E-state index in [1.54, 1.807) is 25.1 Å². The van der Waals surface area contributed by atoms with Crippen LogP contribution in [0.4, 0.5) is 23.2 Å². The fourth-order valence-electron chi connectivity index (χ4n) is 5.03. The maximum atomic E-state index is 14.5. The monoisotopic (exact) mass is 486 g/mol. The number of hydrogen-bond donors (Lipinski definition) is 1. The van der Waals surface area contributed by atoms with E-state index in [1.807, 2.05) is 4.90 Å². The Balaban J connectivity index is 1.60. The Kier molecular flexibility index (Phi) is 5.53. The number of pyridine rings is 1. The van der Waals surface area contributed by atoms with Crippen LogP contribution in [0.3, 0.4) is 0 Å². The Hall–Kier alpha value is -3.82. The van der Waals surface area contributed by atoms with Crippen molar-refractivity contribution in [2.45, 2.75) is 32.1 Å². The van der Waals surface area contributed by atoms with Crippen LogP contribution in [0, 0.1) is 12.7 Å². The standard InChI is InChI=1S/C25H22F4N4O2/c1-15-5-4-8-19(26)21(15)31-12-10-17(14-31)33-20-9-11-30-23(34)22(20)32(24(33)35)13-16-6-2-3-7-18(16)25(27,28)29/h2-9,11,17H,10,12-14H2,1H3,(H,30,34). The molecule has 2 aromatic heterocycles. The molecule has 0 saturated carbocycles. The minimum absolute atomic E-state index is 0.00926. The number of benzene rings is 2. The Morgan fingerprint density at radius 1 is 1.06 bits per heavy atom. The summed E-state index contributed by atoms with van der Waals surface area (Å²) in [6, 6.07) is 11.0. The van der Waals surface area contributed by atoms with E-state index in [9.17, 15) is 27.2 Å². The zero-order valence-electron chi connectivity index (χ0n) is 18.8. The quantitative estimate of drug-likeness (QED) is 0.434. The first-order valence-corrected chi connectivity index (χ1v) is 11.1. The highest BCUT2D eigenvalue weighted by Gasteiger charge is 2.34. The van der Waals surface area contributed by atoms with Gasteiger partial charge in [0.15, 0.2) is 0 Å². The first kappa shape index (κ1) is 22.9. The molecule has 0 bridgehead atoms. The van der Waals surface area contributed by atoms with Gasteiger partial charge in [-0.05, 0) is 42.7 Å². The van der Waals surface area contributed by atoms with Crippen LogP contribution in [0.5, 0.6) is 0 Å². The predicted molar refractivity (Wildman–Crippen MR) is 124 cm³/mol. The molecule has 35 heavy (non-hydrogen) atoms. The van der Waals surface area contributed by atoms with Gasteiger partial charge in [0.05, 0.1) is 29.4 Å². The molecule has 0 radical (unpaired) electrons. The summed E-state index contributed by atoms with van der Waals surface area (Å²) in [6.45, 7) is 2.22. The van der Waals surface area contributed by atoms with Crippen LogP contribution >= 0.6 is 0 Å². The molecule has 0 amide bonds. The van der Waals surface area contributed by atoms with Crippen molar-refractivity contribution in [3.8, 4) is 0 Å². The van der Waals surface area contributed by atoms with Crippen molar-refractivity contribution < 1.29 is 17.6 Å². The molecule has 0 aliphatic carbocycles. The van der Waals surface area contributed by atoms with Gasteiger partial charge in [-0.1, -0.05) is 30.3 Å². The number of para-hydroxylation sites is 1. The molecule has 0 spiro atoms. The lowest BCUT2D eigenvalue weighted by Crippen LogP contribution is -2.30. The number of nitrogens with one attached hydrogen (secondary N) is 1. The molecule has 1 N–H and O–H groups in total. The van der Waals surface area contributed by atoms with Crippen molar-refractivity contribution in [3.05, 3.63) is 98.1 Å². The predicted octanol–water partition coefficient (Wildman–Crippen LogP) is 4.46. The van der Waals surface area contributed by atoms with E-state index in [-0.39, 0.29) is 22.9 Å². The second-order valence-corrected chi connectivity index (χ2v) is 8.73.